The van der Waals surface area contributed by atoms with Crippen LogP contribution in [0.1, 0.15) is 18.9 Å². The van der Waals surface area contributed by atoms with Crippen LogP contribution in [0.25, 0.3) is 0 Å². The van der Waals surface area contributed by atoms with Crippen molar-refractivity contribution in [2.24, 2.45) is 0 Å². The predicted octanol–water partition coefficient (Wildman–Crippen LogP) is 4.41. The van der Waals surface area contributed by atoms with Crippen LogP contribution in [-0.4, -0.2) is 26.1 Å². The minimum atomic E-state index is -4.67. The fourth-order valence-corrected chi connectivity index (χ4v) is 2.20. The van der Waals surface area contributed by atoms with E-state index in [1.165, 1.54) is 6.07 Å². The zero-order chi connectivity index (χ0) is 15.9. The van der Waals surface area contributed by atoms with Crippen molar-refractivity contribution >= 4 is 23.2 Å². The molecule has 1 aromatic rings. The molecule has 0 aliphatic heterocycles. The molecule has 0 bridgehead atoms. The Kier molecular flexibility index (Phi) is 7.59. The van der Waals surface area contributed by atoms with Gasteiger partial charge in [0.25, 0.3) is 0 Å². The number of hydrogen-bond donors (Lipinski definition) is 1. The lowest BCUT2D eigenvalue weighted by Gasteiger charge is -2.15. The van der Waals surface area contributed by atoms with Crippen LogP contribution < -0.4 is 10.1 Å². The Labute approximate surface area is 131 Å². The highest BCUT2D eigenvalue weighted by Crippen LogP contribution is 2.32. The maximum Gasteiger partial charge on any atom is 0.522 e. The number of benzene rings is 1. The van der Waals surface area contributed by atoms with E-state index >= 15 is 0 Å². The third-order valence-corrected chi connectivity index (χ3v) is 2.92. The summed E-state index contributed by atoms with van der Waals surface area (Å²) in [6.07, 6.45) is -3.72. The van der Waals surface area contributed by atoms with Crippen molar-refractivity contribution in [3.05, 3.63) is 27.7 Å². The van der Waals surface area contributed by atoms with Crippen molar-refractivity contribution in [3.63, 3.8) is 0 Å². The maximum atomic E-state index is 11.9. The van der Waals surface area contributed by atoms with Crippen LogP contribution in [0.3, 0.4) is 0 Å². The van der Waals surface area contributed by atoms with Crippen molar-refractivity contribution < 1.29 is 22.6 Å². The second-order valence-electron chi connectivity index (χ2n) is 4.20. The van der Waals surface area contributed by atoms with Gasteiger partial charge in [-0.15, -0.1) is 13.2 Å². The maximum absolute atomic E-state index is 11.9. The molecule has 0 aromatic heterocycles. The van der Waals surface area contributed by atoms with Gasteiger partial charge in [-0.2, -0.15) is 0 Å². The summed E-state index contributed by atoms with van der Waals surface area (Å²) in [7, 11) is 0. The Morgan fingerprint density at radius 1 is 1.19 bits per heavy atom. The van der Waals surface area contributed by atoms with Gasteiger partial charge in [-0.05, 0) is 25.1 Å². The van der Waals surface area contributed by atoms with Crippen LogP contribution in [0.15, 0.2) is 12.1 Å². The smallest absolute Gasteiger partial charge is 0.489 e. The van der Waals surface area contributed by atoms with E-state index in [9.17, 15) is 13.2 Å². The first-order valence-electron chi connectivity index (χ1n) is 6.35. The van der Waals surface area contributed by atoms with E-state index in [0.29, 0.717) is 22.9 Å². The molecule has 0 spiro atoms. The lowest BCUT2D eigenvalue weighted by Crippen LogP contribution is -2.19. The Bertz CT molecular complexity index is 456. The van der Waals surface area contributed by atoms with Crippen LogP contribution >= 0.6 is 23.2 Å². The van der Waals surface area contributed by atoms with Crippen molar-refractivity contribution in [3.8, 4) is 5.75 Å². The second-order valence-corrected chi connectivity index (χ2v) is 5.04. The summed E-state index contributed by atoms with van der Waals surface area (Å²) in [5, 5.41) is 3.84. The lowest BCUT2D eigenvalue weighted by atomic mass is 10.2. The molecule has 8 heteroatoms. The van der Waals surface area contributed by atoms with Crippen molar-refractivity contribution in [1.29, 1.82) is 0 Å². The molecule has 1 N–H and O–H groups in total. The molecule has 1 rings (SSSR count). The van der Waals surface area contributed by atoms with E-state index in [4.69, 9.17) is 27.9 Å². The van der Waals surface area contributed by atoms with Gasteiger partial charge in [0.1, 0.15) is 12.4 Å². The van der Waals surface area contributed by atoms with Gasteiger partial charge in [0, 0.05) is 17.1 Å². The van der Waals surface area contributed by atoms with Crippen LogP contribution in [0, 0.1) is 0 Å². The zero-order valence-corrected chi connectivity index (χ0v) is 12.9. The molecular formula is C13H16Cl2F3NO2. The summed E-state index contributed by atoms with van der Waals surface area (Å²) in [6, 6.07) is 3.14. The molecule has 0 amide bonds. The summed E-state index contributed by atoms with van der Waals surface area (Å²) in [6.45, 7) is 2.40. The molecule has 0 aliphatic carbocycles. The van der Waals surface area contributed by atoms with Gasteiger partial charge in [-0.1, -0.05) is 30.1 Å². The highest BCUT2D eigenvalue weighted by atomic mass is 35.5. The van der Waals surface area contributed by atoms with Crippen molar-refractivity contribution in [2.75, 3.05) is 19.8 Å². The first-order chi connectivity index (χ1) is 9.83. The molecule has 0 fully saturated rings. The third-order valence-electron chi connectivity index (χ3n) is 2.42. The van der Waals surface area contributed by atoms with Crippen molar-refractivity contribution in [2.45, 2.75) is 26.3 Å². The van der Waals surface area contributed by atoms with Gasteiger partial charge in [0.15, 0.2) is 0 Å². The molecule has 0 radical (unpaired) electrons. The summed E-state index contributed by atoms with van der Waals surface area (Å²) in [5.41, 5.74) is 0.688. The zero-order valence-electron chi connectivity index (χ0n) is 11.4. The fraction of sp³-hybridized carbons (Fsp3) is 0.538. The highest BCUT2D eigenvalue weighted by molar-refractivity contribution is 6.35. The van der Waals surface area contributed by atoms with E-state index in [2.05, 4.69) is 10.1 Å². The van der Waals surface area contributed by atoms with Crippen LogP contribution in [-0.2, 0) is 11.3 Å². The molecule has 0 atom stereocenters. The third kappa shape index (κ3) is 7.22. The molecule has 0 aliphatic rings. The highest BCUT2D eigenvalue weighted by Gasteiger charge is 2.28. The summed E-state index contributed by atoms with van der Waals surface area (Å²) in [4.78, 5) is 0. The SMILES string of the molecule is CCCNCc1cc(Cl)cc(Cl)c1OCCOC(F)(F)F. The largest absolute Gasteiger partial charge is 0.522 e. The molecule has 0 heterocycles. The average molecular weight is 346 g/mol. The average Bonchev–Trinajstić information content (AvgIpc) is 2.35. The first-order valence-corrected chi connectivity index (χ1v) is 7.11. The number of alkyl halides is 3. The summed E-state index contributed by atoms with van der Waals surface area (Å²) >= 11 is 11.9. The quantitative estimate of drug-likeness (QED) is 0.708. The van der Waals surface area contributed by atoms with E-state index in [0.717, 1.165) is 13.0 Å². The molecule has 21 heavy (non-hydrogen) atoms. The molecule has 120 valence electrons. The van der Waals surface area contributed by atoms with Gasteiger partial charge in [-0.3, -0.25) is 4.74 Å². The standard InChI is InChI=1S/C13H16Cl2F3NO2/c1-2-3-19-8-9-6-10(14)7-11(15)12(9)20-4-5-21-13(16,17)18/h6-7,19H,2-5,8H2,1H3. The number of hydrogen-bond acceptors (Lipinski definition) is 3. The summed E-state index contributed by atoms with van der Waals surface area (Å²) < 4.78 is 44.5. The minimum absolute atomic E-state index is 0.253. The molecule has 0 saturated heterocycles. The van der Waals surface area contributed by atoms with Crippen LogP contribution in [0.5, 0.6) is 5.75 Å². The van der Waals surface area contributed by atoms with Crippen LogP contribution in [0.4, 0.5) is 13.2 Å². The van der Waals surface area contributed by atoms with E-state index in [1.54, 1.807) is 6.07 Å². The fourth-order valence-electron chi connectivity index (χ4n) is 1.61. The monoisotopic (exact) mass is 345 g/mol. The van der Waals surface area contributed by atoms with E-state index in [1.807, 2.05) is 6.92 Å². The van der Waals surface area contributed by atoms with Crippen molar-refractivity contribution in [1.82, 2.24) is 5.32 Å². The number of rotatable bonds is 8. The minimum Gasteiger partial charge on any atom is -0.489 e. The van der Waals surface area contributed by atoms with Gasteiger partial charge >= 0.3 is 6.36 Å². The van der Waals surface area contributed by atoms with E-state index in [-0.39, 0.29) is 11.6 Å². The predicted molar refractivity (Wildman–Crippen MR) is 76.0 cm³/mol. The van der Waals surface area contributed by atoms with Gasteiger partial charge in [0.05, 0.1) is 11.6 Å². The molecule has 3 nitrogen and oxygen atoms in total. The van der Waals surface area contributed by atoms with Gasteiger partial charge in [0.2, 0.25) is 0 Å². The topological polar surface area (TPSA) is 30.5 Å². The Morgan fingerprint density at radius 3 is 2.52 bits per heavy atom. The van der Waals surface area contributed by atoms with Gasteiger partial charge < -0.3 is 10.1 Å². The number of halogens is 5. The molecular weight excluding hydrogens is 330 g/mol. The molecule has 0 saturated carbocycles. The molecule has 1 aromatic carbocycles. The Balaban J connectivity index is 2.65. The lowest BCUT2D eigenvalue weighted by molar-refractivity contribution is -0.325. The van der Waals surface area contributed by atoms with E-state index < -0.39 is 13.0 Å². The Hall–Kier alpha value is -0.690. The summed E-state index contributed by atoms with van der Waals surface area (Å²) in [5.74, 6) is 0.315. The molecule has 0 unspecified atom stereocenters. The number of ether oxygens (including phenoxy) is 2. The Morgan fingerprint density at radius 2 is 1.90 bits per heavy atom. The van der Waals surface area contributed by atoms with Crippen LogP contribution in [0.2, 0.25) is 10.0 Å². The second kappa shape index (κ2) is 8.68. The first kappa shape index (κ1) is 18.4. The van der Waals surface area contributed by atoms with Gasteiger partial charge in [-0.25, -0.2) is 0 Å². The normalized spacial score (nSPS) is 11.7. The number of nitrogens with one attached hydrogen (secondary N) is 1.